The third-order valence-corrected chi connectivity index (χ3v) is 5.65. The number of ether oxygens (including phenoxy) is 1. The molecule has 1 N–H and O–H groups in total. The third kappa shape index (κ3) is 4.46. The molecule has 0 aliphatic carbocycles. The molecular weight excluding hydrogens is 338 g/mol. The number of carbonyl (C=O) groups excluding carboxylic acids is 1. The Balaban J connectivity index is 1.63. The Morgan fingerprint density at radius 1 is 1.20 bits per heavy atom. The van der Waals surface area contributed by atoms with Crippen molar-refractivity contribution in [1.29, 1.82) is 0 Å². The van der Waals surface area contributed by atoms with Crippen LogP contribution in [-0.2, 0) is 9.53 Å². The summed E-state index contributed by atoms with van der Waals surface area (Å²) in [5.74, 6) is -0.0875. The number of carbonyl (C=O) groups is 1. The predicted molar refractivity (Wildman–Crippen MR) is 101 cm³/mol. The average Bonchev–Trinajstić information content (AvgIpc) is 2.67. The number of alkyl halides is 1. The Morgan fingerprint density at radius 2 is 1.84 bits per heavy atom. The second-order valence-corrected chi connectivity index (χ2v) is 7.63. The van der Waals surface area contributed by atoms with Crippen molar-refractivity contribution in [2.45, 2.75) is 30.7 Å². The molecule has 1 aromatic rings. The maximum Gasteiger partial charge on any atom is 0.237 e. The van der Waals surface area contributed by atoms with Gasteiger partial charge < -0.3 is 15.0 Å². The smallest absolute Gasteiger partial charge is 0.237 e. The van der Waals surface area contributed by atoms with Gasteiger partial charge in [0.15, 0.2) is 0 Å². The molecule has 1 amide bonds. The van der Waals surface area contributed by atoms with Crippen LogP contribution in [0.25, 0.3) is 0 Å². The van der Waals surface area contributed by atoms with Crippen LogP contribution in [0.5, 0.6) is 0 Å². The van der Waals surface area contributed by atoms with E-state index in [2.05, 4.69) is 45.4 Å². The van der Waals surface area contributed by atoms with Gasteiger partial charge in [0.2, 0.25) is 5.91 Å². The van der Waals surface area contributed by atoms with Gasteiger partial charge in [0.1, 0.15) is 5.38 Å². The van der Waals surface area contributed by atoms with Crippen LogP contribution in [-0.4, -0.2) is 67.7 Å². The number of benzene rings is 1. The summed E-state index contributed by atoms with van der Waals surface area (Å²) in [5.41, 5.74) is 1.27. The van der Waals surface area contributed by atoms with E-state index in [0.29, 0.717) is 6.54 Å². The lowest BCUT2D eigenvalue weighted by atomic mass is 9.87. The first-order chi connectivity index (χ1) is 12.1. The van der Waals surface area contributed by atoms with E-state index in [1.54, 1.807) is 6.92 Å². The minimum Gasteiger partial charge on any atom is -0.381 e. The molecule has 2 heterocycles. The van der Waals surface area contributed by atoms with Gasteiger partial charge in [0, 0.05) is 57.2 Å². The van der Waals surface area contributed by atoms with Crippen LogP contribution in [0.1, 0.15) is 19.8 Å². The van der Waals surface area contributed by atoms with Crippen molar-refractivity contribution in [2.24, 2.45) is 0 Å². The Hall–Kier alpha value is -1.30. The van der Waals surface area contributed by atoms with Crippen LogP contribution < -0.4 is 10.2 Å². The predicted octanol–water partition coefficient (Wildman–Crippen LogP) is 2.10. The summed E-state index contributed by atoms with van der Waals surface area (Å²) in [7, 11) is 0. The van der Waals surface area contributed by atoms with Crippen LogP contribution in [0.4, 0.5) is 5.69 Å². The SMILES string of the molecule is CC(Cl)C(=O)NCC1(N2CCN(c3ccccc3)CC2)CCOCC1. The zero-order chi connectivity index (χ0) is 17.7. The number of para-hydroxylation sites is 1. The number of nitrogens with one attached hydrogen (secondary N) is 1. The quantitative estimate of drug-likeness (QED) is 0.812. The minimum absolute atomic E-state index is 0.0114. The van der Waals surface area contributed by atoms with Gasteiger partial charge in [-0.25, -0.2) is 0 Å². The van der Waals surface area contributed by atoms with Gasteiger partial charge in [-0.1, -0.05) is 18.2 Å². The van der Waals surface area contributed by atoms with E-state index in [4.69, 9.17) is 16.3 Å². The Kier molecular flexibility index (Phi) is 6.20. The zero-order valence-electron chi connectivity index (χ0n) is 14.9. The van der Waals surface area contributed by atoms with Crippen molar-refractivity contribution >= 4 is 23.2 Å². The van der Waals surface area contributed by atoms with Crippen molar-refractivity contribution in [3.8, 4) is 0 Å². The number of halogens is 1. The fourth-order valence-electron chi connectivity index (χ4n) is 3.83. The molecule has 1 unspecified atom stereocenters. The maximum absolute atomic E-state index is 11.9. The largest absolute Gasteiger partial charge is 0.381 e. The van der Waals surface area contributed by atoms with E-state index < -0.39 is 5.38 Å². The molecule has 0 bridgehead atoms. The number of nitrogens with zero attached hydrogens (tertiary/aromatic N) is 2. The van der Waals surface area contributed by atoms with E-state index in [9.17, 15) is 4.79 Å². The van der Waals surface area contributed by atoms with Crippen LogP contribution in [0, 0.1) is 0 Å². The summed E-state index contributed by atoms with van der Waals surface area (Å²) in [6.07, 6.45) is 1.91. The van der Waals surface area contributed by atoms with Crippen LogP contribution in [0.3, 0.4) is 0 Å². The molecule has 138 valence electrons. The molecule has 6 heteroatoms. The van der Waals surface area contributed by atoms with Crippen LogP contribution in [0.15, 0.2) is 30.3 Å². The summed E-state index contributed by atoms with van der Waals surface area (Å²) in [6.45, 7) is 7.89. The first-order valence-electron chi connectivity index (χ1n) is 9.15. The van der Waals surface area contributed by atoms with Crippen LogP contribution in [0.2, 0.25) is 0 Å². The number of hydrogen-bond acceptors (Lipinski definition) is 4. The highest BCUT2D eigenvalue weighted by molar-refractivity contribution is 6.30. The molecule has 2 aliphatic rings. The van der Waals surface area contributed by atoms with Gasteiger partial charge in [-0.05, 0) is 31.9 Å². The van der Waals surface area contributed by atoms with E-state index in [-0.39, 0.29) is 11.4 Å². The molecule has 2 aliphatic heterocycles. The number of hydrogen-bond donors (Lipinski definition) is 1. The van der Waals surface area contributed by atoms with Gasteiger partial charge in [0.25, 0.3) is 0 Å². The normalized spacial score (nSPS) is 22.4. The molecule has 3 rings (SSSR count). The van der Waals surface area contributed by atoms with E-state index in [1.165, 1.54) is 5.69 Å². The van der Waals surface area contributed by atoms with Crippen molar-refractivity contribution in [3.63, 3.8) is 0 Å². The Morgan fingerprint density at radius 3 is 2.44 bits per heavy atom. The standard InChI is InChI=1S/C19H28ClN3O2/c1-16(20)18(24)21-15-19(7-13-25-14-8-19)23-11-9-22(10-12-23)17-5-3-2-4-6-17/h2-6,16H,7-15H2,1H3,(H,21,24). The molecule has 1 atom stereocenters. The van der Waals surface area contributed by atoms with Gasteiger partial charge >= 0.3 is 0 Å². The fraction of sp³-hybridized carbons (Fsp3) is 0.632. The molecule has 0 aromatic heterocycles. The molecule has 1 aromatic carbocycles. The summed E-state index contributed by atoms with van der Waals surface area (Å²) in [5, 5.41) is 2.56. The summed E-state index contributed by atoms with van der Waals surface area (Å²) in [4.78, 5) is 16.9. The van der Waals surface area contributed by atoms with Crippen molar-refractivity contribution in [3.05, 3.63) is 30.3 Å². The number of piperazine rings is 1. The van der Waals surface area contributed by atoms with Gasteiger partial charge in [-0.15, -0.1) is 11.6 Å². The molecule has 0 spiro atoms. The second kappa shape index (κ2) is 8.39. The lowest BCUT2D eigenvalue weighted by Crippen LogP contribution is -2.63. The molecular formula is C19H28ClN3O2. The van der Waals surface area contributed by atoms with Gasteiger partial charge in [-0.2, -0.15) is 0 Å². The lowest BCUT2D eigenvalue weighted by molar-refractivity contribution is -0.122. The zero-order valence-corrected chi connectivity index (χ0v) is 15.7. The first-order valence-corrected chi connectivity index (χ1v) is 9.59. The van der Waals surface area contributed by atoms with Gasteiger partial charge in [0.05, 0.1) is 0 Å². The second-order valence-electron chi connectivity index (χ2n) is 6.98. The average molecular weight is 366 g/mol. The topological polar surface area (TPSA) is 44.8 Å². The fourth-order valence-corrected chi connectivity index (χ4v) is 3.90. The first kappa shape index (κ1) is 18.5. The van der Waals surface area contributed by atoms with Crippen molar-refractivity contribution in [1.82, 2.24) is 10.2 Å². The number of amides is 1. The van der Waals surface area contributed by atoms with E-state index in [0.717, 1.165) is 52.2 Å². The number of anilines is 1. The lowest BCUT2D eigenvalue weighted by Gasteiger charge is -2.50. The molecule has 2 saturated heterocycles. The highest BCUT2D eigenvalue weighted by Crippen LogP contribution is 2.29. The van der Waals surface area contributed by atoms with E-state index >= 15 is 0 Å². The number of rotatable bonds is 5. The monoisotopic (exact) mass is 365 g/mol. The molecule has 25 heavy (non-hydrogen) atoms. The molecule has 2 fully saturated rings. The van der Waals surface area contributed by atoms with E-state index in [1.807, 2.05) is 0 Å². The highest BCUT2D eigenvalue weighted by Gasteiger charge is 2.40. The highest BCUT2D eigenvalue weighted by atomic mass is 35.5. The Bertz CT molecular complexity index is 553. The molecule has 0 radical (unpaired) electrons. The van der Waals surface area contributed by atoms with Crippen LogP contribution >= 0.6 is 11.6 Å². The molecule has 5 nitrogen and oxygen atoms in total. The minimum atomic E-state index is -0.494. The van der Waals surface area contributed by atoms with Crippen molar-refractivity contribution < 1.29 is 9.53 Å². The third-order valence-electron chi connectivity index (χ3n) is 5.45. The summed E-state index contributed by atoms with van der Waals surface area (Å²) >= 11 is 5.91. The van der Waals surface area contributed by atoms with Crippen molar-refractivity contribution in [2.75, 3.05) is 50.8 Å². The van der Waals surface area contributed by atoms with Gasteiger partial charge in [-0.3, -0.25) is 9.69 Å². The molecule has 0 saturated carbocycles. The summed E-state index contributed by atoms with van der Waals surface area (Å²) < 4.78 is 5.58. The Labute approximate surface area is 155 Å². The summed E-state index contributed by atoms with van der Waals surface area (Å²) in [6, 6.07) is 10.6. The maximum atomic E-state index is 11.9.